The maximum absolute atomic E-state index is 13.1. The summed E-state index contributed by atoms with van der Waals surface area (Å²) in [7, 11) is 0. The molecule has 29 heavy (non-hydrogen) atoms. The number of hydrogen-bond acceptors (Lipinski definition) is 5. The van der Waals surface area contributed by atoms with Gasteiger partial charge < -0.3 is 4.90 Å². The molecule has 0 unspecified atom stereocenters. The van der Waals surface area contributed by atoms with Crippen molar-refractivity contribution in [2.45, 2.75) is 6.54 Å². The van der Waals surface area contributed by atoms with Gasteiger partial charge in [0.15, 0.2) is 0 Å². The Morgan fingerprint density at radius 2 is 1.76 bits per heavy atom. The van der Waals surface area contributed by atoms with Gasteiger partial charge in [0.05, 0.1) is 9.47 Å². The average Bonchev–Trinajstić information content (AvgIpc) is 3.14. The molecule has 0 saturated carbocycles. The molecule has 0 bridgehead atoms. The Morgan fingerprint density at radius 1 is 1.03 bits per heavy atom. The molecule has 3 heterocycles. The van der Waals surface area contributed by atoms with E-state index < -0.39 is 5.82 Å². The number of carbonyl (C=O) groups excluding carboxylic acids is 1. The Hall–Kier alpha value is -2.36. The minimum Gasteiger partial charge on any atom is -0.335 e. The van der Waals surface area contributed by atoms with Crippen LogP contribution in [0.5, 0.6) is 0 Å². The standard InChI is InChI=1S/C20H18BrFN4O2S/c21-18-7-5-16(29-18)13-24-9-11-25(12-10-24)20(28)17-6-8-19(27)26(23-17)15-3-1-14(22)2-4-15/h1-8H,9-13H2. The first-order valence-electron chi connectivity index (χ1n) is 9.12. The molecule has 1 saturated heterocycles. The van der Waals surface area contributed by atoms with Crippen LogP contribution in [-0.4, -0.2) is 51.7 Å². The number of halogens is 2. The van der Waals surface area contributed by atoms with Gasteiger partial charge in [-0.2, -0.15) is 9.78 Å². The minimum absolute atomic E-state index is 0.199. The van der Waals surface area contributed by atoms with E-state index in [9.17, 15) is 14.0 Å². The van der Waals surface area contributed by atoms with Gasteiger partial charge in [0.1, 0.15) is 11.5 Å². The highest BCUT2D eigenvalue weighted by atomic mass is 79.9. The second-order valence-corrected chi connectivity index (χ2v) is 9.27. The zero-order chi connectivity index (χ0) is 20.4. The van der Waals surface area contributed by atoms with Gasteiger partial charge in [-0.1, -0.05) is 0 Å². The summed E-state index contributed by atoms with van der Waals surface area (Å²) in [4.78, 5) is 30.4. The van der Waals surface area contributed by atoms with E-state index in [0.29, 0.717) is 18.8 Å². The molecule has 1 aromatic carbocycles. The van der Waals surface area contributed by atoms with E-state index in [0.717, 1.165) is 28.1 Å². The van der Waals surface area contributed by atoms with Gasteiger partial charge in [0.2, 0.25) is 0 Å². The van der Waals surface area contributed by atoms with Crippen LogP contribution in [0.3, 0.4) is 0 Å². The second-order valence-electron chi connectivity index (χ2n) is 6.72. The summed E-state index contributed by atoms with van der Waals surface area (Å²) in [6.07, 6.45) is 0. The zero-order valence-electron chi connectivity index (χ0n) is 15.4. The summed E-state index contributed by atoms with van der Waals surface area (Å²) in [5.74, 6) is -0.610. The van der Waals surface area contributed by atoms with E-state index in [2.05, 4.69) is 32.0 Å². The van der Waals surface area contributed by atoms with Crippen LogP contribution in [0.2, 0.25) is 0 Å². The molecule has 0 atom stereocenters. The molecule has 0 aliphatic carbocycles. The van der Waals surface area contributed by atoms with Gasteiger partial charge in [0, 0.05) is 43.7 Å². The number of aromatic nitrogens is 2. The summed E-state index contributed by atoms with van der Waals surface area (Å²) in [5.41, 5.74) is 0.239. The summed E-state index contributed by atoms with van der Waals surface area (Å²) in [5, 5.41) is 4.21. The molecule has 1 aliphatic rings. The zero-order valence-corrected chi connectivity index (χ0v) is 17.8. The van der Waals surface area contributed by atoms with Gasteiger partial charge in [-0.15, -0.1) is 11.3 Å². The third-order valence-corrected chi connectivity index (χ3v) is 6.37. The van der Waals surface area contributed by atoms with Crippen molar-refractivity contribution in [3.05, 3.63) is 79.1 Å². The van der Waals surface area contributed by atoms with Gasteiger partial charge >= 0.3 is 0 Å². The maximum Gasteiger partial charge on any atom is 0.274 e. The van der Waals surface area contributed by atoms with E-state index in [-0.39, 0.29) is 17.2 Å². The smallest absolute Gasteiger partial charge is 0.274 e. The molecule has 1 aliphatic heterocycles. The molecule has 6 nitrogen and oxygen atoms in total. The Balaban J connectivity index is 1.44. The van der Waals surface area contributed by atoms with E-state index in [1.54, 1.807) is 16.2 Å². The molecule has 0 spiro atoms. The van der Waals surface area contributed by atoms with Crippen LogP contribution in [0, 0.1) is 5.82 Å². The van der Waals surface area contributed by atoms with Crippen molar-refractivity contribution >= 4 is 33.2 Å². The number of amides is 1. The highest BCUT2D eigenvalue weighted by molar-refractivity contribution is 9.11. The SMILES string of the molecule is O=C(c1ccc(=O)n(-c2ccc(F)cc2)n1)N1CCN(Cc2ccc(Br)s2)CC1. The van der Waals surface area contributed by atoms with Gasteiger partial charge in [0.25, 0.3) is 11.5 Å². The molecular formula is C20H18BrFN4O2S. The lowest BCUT2D eigenvalue weighted by molar-refractivity contribution is 0.0622. The van der Waals surface area contributed by atoms with Crippen molar-refractivity contribution in [2.24, 2.45) is 0 Å². The number of carbonyl (C=O) groups is 1. The van der Waals surface area contributed by atoms with Gasteiger partial charge in [-0.3, -0.25) is 14.5 Å². The number of benzene rings is 1. The van der Waals surface area contributed by atoms with Gasteiger partial charge in [-0.25, -0.2) is 4.39 Å². The third kappa shape index (κ3) is 4.63. The molecule has 0 radical (unpaired) electrons. The van der Waals surface area contributed by atoms with E-state index >= 15 is 0 Å². The van der Waals surface area contributed by atoms with E-state index in [4.69, 9.17) is 0 Å². The summed E-state index contributed by atoms with van der Waals surface area (Å²) in [6, 6.07) is 12.3. The Morgan fingerprint density at radius 3 is 2.41 bits per heavy atom. The monoisotopic (exact) mass is 476 g/mol. The van der Waals surface area contributed by atoms with Crippen molar-refractivity contribution in [2.75, 3.05) is 26.2 Å². The normalized spacial score (nSPS) is 14.9. The second kappa shape index (κ2) is 8.56. The number of thiophene rings is 1. The van der Waals surface area contributed by atoms with Crippen LogP contribution in [0.1, 0.15) is 15.4 Å². The fourth-order valence-corrected chi connectivity index (χ4v) is 4.75. The fourth-order valence-electron chi connectivity index (χ4n) is 3.22. The van der Waals surface area contributed by atoms with Crippen molar-refractivity contribution < 1.29 is 9.18 Å². The predicted molar refractivity (Wildman–Crippen MR) is 113 cm³/mol. The largest absolute Gasteiger partial charge is 0.335 e. The quantitative estimate of drug-likeness (QED) is 0.580. The van der Waals surface area contributed by atoms with Crippen molar-refractivity contribution in [1.29, 1.82) is 0 Å². The maximum atomic E-state index is 13.1. The molecule has 1 amide bonds. The van der Waals surface area contributed by atoms with Crippen molar-refractivity contribution in [1.82, 2.24) is 19.6 Å². The molecule has 2 aromatic heterocycles. The Kier molecular flexibility index (Phi) is 5.89. The van der Waals surface area contributed by atoms with Crippen LogP contribution >= 0.6 is 27.3 Å². The van der Waals surface area contributed by atoms with E-state index in [1.807, 2.05) is 6.07 Å². The number of hydrogen-bond donors (Lipinski definition) is 0. The summed E-state index contributed by atoms with van der Waals surface area (Å²) >= 11 is 5.20. The first-order chi connectivity index (χ1) is 14.0. The van der Waals surface area contributed by atoms with E-state index in [1.165, 1.54) is 41.3 Å². The number of piperazine rings is 1. The van der Waals surface area contributed by atoms with Crippen LogP contribution < -0.4 is 5.56 Å². The van der Waals surface area contributed by atoms with Crippen LogP contribution in [0.25, 0.3) is 5.69 Å². The third-order valence-electron chi connectivity index (χ3n) is 4.76. The van der Waals surface area contributed by atoms with Crippen molar-refractivity contribution in [3.63, 3.8) is 0 Å². The summed E-state index contributed by atoms with van der Waals surface area (Å²) in [6.45, 7) is 3.62. The first-order valence-corrected chi connectivity index (χ1v) is 10.7. The molecule has 0 N–H and O–H groups in total. The first kappa shape index (κ1) is 19.9. The lowest BCUT2D eigenvalue weighted by atomic mass is 10.2. The van der Waals surface area contributed by atoms with Crippen LogP contribution in [-0.2, 0) is 6.54 Å². The minimum atomic E-state index is -0.401. The van der Waals surface area contributed by atoms with Gasteiger partial charge in [-0.05, 0) is 58.4 Å². The topological polar surface area (TPSA) is 58.4 Å². The molecular weight excluding hydrogens is 459 g/mol. The molecule has 4 rings (SSSR count). The Labute approximate surface area is 179 Å². The average molecular weight is 477 g/mol. The summed E-state index contributed by atoms with van der Waals surface area (Å²) < 4.78 is 15.4. The highest BCUT2D eigenvalue weighted by Crippen LogP contribution is 2.23. The van der Waals surface area contributed by atoms with Crippen LogP contribution in [0.4, 0.5) is 4.39 Å². The molecule has 1 fully saturated rings. The Bertz CT molecular complexity index is 1070. The lowest BCUT2D eigenvalue weighted by Gasteiger charge is -2.34. The lowest BCUT2D eigenvalue weighted by Crippen LogP contribution is -2.48. The van der Waals surface area contributed by atoms with Crippen molar-refractivity contribution in [3.8, 4) is 5.69 Å². The molecule has 150 valence electrons. The molecule has 3 aromatic rings. The highest BCUT2D eigenvalue weighted by Gasteiger charge is 2.24. The number of rotatable bonds is 4. The fraction of sp³-hybridized carbons (Fsp3) is 0.250. The predicted octanol–water partition coefficient (Wildman–Crippen LogP) is 3.15. The molecule has 9 heteroatoms. The number of nitrogens with zero attached hydrogens (tertiary/aromatic N) is 4. The van der Waals surface area contributed by atoms with Crippen LogP contribution in [0.15, 0.2) is 57.1 Å².